The highest BCUT2D eigenvalue weighted by atomic mass is 19.1. The number of urea groups is 1. The van der Waals surface area contributed by atoms with Crippen LogP contribution >= 0.6 is 0 Å². The number of nitrogens with one attached hydrogen (secondary N) is 1. The molecule has 0 aliphatic heterocycles. The van der Waals surface area contributed by atoms with Crippen molar-refractivity contribution in [1.82, 2.24) is 15.0 Å². The van der Waals surface area contributed by atoms with Gasteiger partial charge in [-0.25, -0.2) is 9.18 Å². The van der Waals surface area contributed by atoms with Crippen LogP contribution in [0.2, 0.25) is 0 Å². The Labute approximate surface area is 156 Å². The van der Waals surface area contributed by atoms with Gasteiger partial charge in [-0.2, -0.15) is 4.98 Å². The van der Waals surface area contributed by atoms with Gasteiger partial charge in [0.05, 0.1) is 0 Å². The maximum Gasteiger partial charge on any atom is 0.322 e. The van der Waals surface area contributed by atoms with E-state index in [1.165, 1.54) is 29.2 Å². The molecule has 27 heavy (non-hydrogen) atoms. The molecule has 138 valence electrons. The van der Waals surface area contributed by atoms with Crippen LogP contribution in [0.25, 0.3) is 11.4 Å². The third-order valence-corrected chi connectivity index (χ3v) is 3.80. The molecule has 0 unspecified atom stereocenters. The highest BCUT2D eigenvalue weighted by Crippen LogP contribution is 2.18. The summed E-state index contributed by atoms with van der Waals surface area (Å²) in [5.41, 5.74) is 2.42. The zero-order chi connectivity index (χ0) is 19.2. The van der Waals surface area contributed by atoms with Gasteiger partial charge in [0, 0.05) is 17.8 Å². The summed E-state index contributed by atoms with van der Waals surface area (Å²) in [6, 6.07) is 12.9. The monoisotopic (exact) mass is 366 g/mol. The van der Waals surface area contributed by atoms with Gasteiger partial charge in [-0.1, -0.05) is 35.0 Å². The third kappa shape index (κ3) is 4.78. The van der Waals surface area contributed by atoms with E-state index in [-0.39, 0.29) is 24.9 Å². The molecule has 1 heterocycles. The number of halogens is 1. The van der Waals surface area contributed by atoms with E-state index in [0.29, 0.717) is 17.4 Å². The van der Waals surface area contributed by atoms with Crippen molar-refractivity contribution < 1.29 is 13.7 Å². The van der Waals surface area contributed by atoms with Gasteiger partial charge in [-0.05, 0) is 37.3 Å². The molecule has 2 amide bonds. The molecule has 0 aliphatic rings. The summed E-state index contributed by atoms with van der Waals surface area (Å²) >= 11 is 0. The van der Waals surface area contributed by atoms with Gasteiger partial charge in [0.15, 0.2) is 0 Å². The molecule has 1 N–H and O–H groups in total. The zero-order valence-electron chi connectivity index (χ0n) is 14.9. The third-order valence-electron chi connectivity index (χ3n) is 3.80. The van der Waals surface area contributed by atoms with Crippen LogP contribution in [-0.4, -0.2) is 27.6 Å². The first-order valence-corrected chi connectivity index (χ1v) is 8.37. The molecule has 3 aromatic rings. The van der Waals surface area contributed by atoms with E-state index in [0.717, 1.165) is 11.1 Å². The molecule has 0 atom stereocenters. The second-order valence-electron chi connectivity index (χ2n) is 5.99. The van der Waals surface area contributed by atoms with E-state index in [1.54, 1.807) is 6.08 Å². The Hall–Kier alpha value is -3.48. The molecule has 0 bridgehead atoms. The molecule has 2 aromatic carbocycles. The number of anilines is 1. The Balaban J connectivity index is 1.71. The van der Waals surface area contributed by atoms with Gasteiger partial charge in [0.1, 0.15) is 12.4 Å². The fourth-order valence-electron chi connectivity index (χ4n) is 2.49. The summed E-state index contributed by atoms with van der Waals surface area (Å²) < 4.78 is 18.3. The summed E-state index contributed by atoms with van der Waals surface area (Å²) in [4.78, 5) is 18.3. The largest absolute Gasteiger partial charge is 0.337 e. The van der Waals surface area contributed by atoms with Crippen molar-refractivity contribution >= 4 is 11.7 Å². The van der Waals surface area contributed by atoms with Crippen LogP contribution in [0.4, 0.5) is 14.9 Å². The van der Waals surface area contributed by atoms with Crippen molar-refractivity contribution in [2.24, 2.45) is 0 Å². The van der Waals surface area contributed by atoms with E-state index in [9.17, 15) is 9.18 Å². The van der Waals surface area contributed by atoms with Gasteiger partial charge < -0.3 is 14.7 Å². The molecule has 0 saturated carbocycles. The zero-order valence-corrected chi connectivity index (χ0v) is 14.9. The molecule has 0 spiro atoms. The van der Waals surface area contributed by atoms with Crippen LogP contribution in [0.1, 0.15) is 11.5 Å². The number of aryl methyl sites for hydroxylation is 1. The maximum absolute atomic E-state index is 13.0. The van der Waals surface area contributed by atoms with Crippen LogP contribution in [0, 0.1) is 12.7 Å². The van der Waals surface area contributed by atoms with E-state index < -0.39 is 0 Å². The van der Waals surface area contributed by atoms with Crippen LogP contribution in [-0.2, 0) is 6.54 Å². The molecule has 0 aliphatic carbocycles. The number of carbonyl (C=O) groups is 1. The molecule has 7 heteroatoms. The van der Waals surface area contributed by atoms with E-state index in [4.69, 9.17) is 4.52 Å². The van der Waals surface area contributed by atoms with Crippen LogP contribution in [0.15, 0.2) is 65.7 Å². The summed E-state index contributed by atoms with van der Waals surface area (Å²) in [7, 11) is 0. The molecule has 0 saturated heterocycles. The highest BCUT2D eigenvalue weighted by Gasteiger charge is 2.17. The van der Waals surface area contributed by atoms with Crippen molar-refractivity contribution in [2.75, 3.05) is 11.9 Å². The Kier molecular flexibility index (Phi) is 5.61. The van der Waals surface area contributed by atoms with E-state index in [2.05, 4.69) is 22.0 Å². The standard InChI is InChI=1S/C20H19FN4O2/c1-3-11-25(20(26)22-17-9-7-16(21)8-10-17)13-18-23-19(24-27-18)15-6-4-5-14(2)12-15/h3-10,12H,1,11,13H2,2H3,(H,22,26). The number of rotatable bonds is 6. The van der Waals surface area contributed by atoms with Crippen LogP contribution < -0.4 is 5.32 Å². The lowest BCUT2D eigenvalue weighted by atomic mass is 10.1. The molecule has 0 radical (unpaired) electrons. The van der Waals surface area contributed by atoms with E-state index in [1.807, 2.05) is 31.2 Å². The first-order valence-electron chi connectivity index (χ1n) is 8.37. The van der Waals surface area contributed by atoms with Gasteiger partial charge in [-0.15, -0.1) is 6.58 Å². The average Bonchev–Trinajstić information content (AvgIpc) is 3.12. The van der Waals surface area contributed by atoms with Crippen LogP contribution in [0.5, 0.6) is 0 Å². The summed E-state index contributed by atoms with van der Waals surface area (Å²) in [6.45, 7) is 6.06. The van der Waals surface area contributed by atoms with Crippen molar-refractivity contribution in [3.8, 4) is 11.4 Å². The molecule has 0 fully saturated rings. The topological polar surface area (TPSA) is 71.3 Å². The maximum atomic E-state index is 13.0. The fourth-order valence-corrected chi connectivity index (χ4v) is 2.49. The molecular formula is C20H19FN4O2. The van der Waals surface area contributed by atoms with E-state index >= 15 is 0 Å². The lowest BCUT2D eigenvalue weighted by Crippen LogP contribution is -2.34. The van der Waals surface area contributed by atoms with Gasteiger partial charge in [0.25, 0.3) is 0 Å². The summed E-state index contributed by atoms with van der Waals surface area (Å²) in [5, 5.41) is 6.68. The van der Waals surface area contributed by atoms with Gasteiger partial charge in [0.2, 0.25) is 11.7 Å². The lowest BCUT2D eigenvalue weighted by Gasteiger charge is -2.19. The minimum absolute atomic E-state index is 0.123. The molecule has 6 nitrogen and oxygen atoms in total. The van der Waals surface area contributed by atoms with Crippen molar-refractivity contribution in [3.63, 3.8) is 0 Å². The second kappa shape index (κ2) is 8.27. The molecule has 3 rings (SSSR count). The fraction of sp³-hybridized carbons (Fsp3) is 0.150. The Morgan fingerprint density at radius 2 is 2.07 bits per heavy atom. The number of carbonyl (C=O) groups excluding carboxylic acids is 1. The molecular weight excluding hydrogens is 347 g/mol. The van der Waals surface area contributed by atoms with Crippen molar-refractivity contribution in [1.29, 1.82) is 0 Å². The smallest absolute Gasteiger partial charge is 0.322 e. The number of amides is 2. The number of aromatic nitrogens is 2. The Bertz CT molecular complexity index is 937. The number of hydrogen-bond acceptors (Lipinski definition) is 4. The first-order chi connectivity index (χ1) is 13.0. The second-order valence-corrected chi connectivity index (χ2v) is 5.99. The normalized spacial score (nSPS) is 10.4. The quantitative estimate of drug-likeness (QED) is 0.656. The predicted molar refractivity (Wildman–Crippen MR) is 100 cm³/mol. The lowest BCUT2D eigenvalue weighted by molar-refractivity contribution is 0.206. The van der Waals surface area contributed by atoms with Gasteiger partial charge in [-0.3, -0.25) is 0 Å². The SMILES string of the molecule is C=CCN(Cc1nc(-c2cccc(C)c2)no1)C(=O)Nc1ccc(F)cc1. The number of hydrogen-bond donors (Lipinski definition) is 1. The first kappa shape index (κ1) is 18.3. The minimum Gasteiger partial charge on any atom is -0.337 e. The van der Waals surface area contributed by atoms with Gasteiger partial charge >= 0.3 is 6.03 Å². The highest BCUT2D eigenvalue weighted by molar-refractivity contribution is 5.89. The number of benzene rings is 2. The van der Waals surface area contributed by atoms with Crippen molar-refractivity contribution in [3.05, 3.63) is 78.5 Å². The Morgan fingerprint density at radius 1 is 1.30 bits per heavy atom. The Morgan fingerprint density at radius 3 is 2.78 bits per heavy atom. The van der Waals surface area contributed by atoms with Crippen LogP contribution in [0.3, 0.4) is 0 Å². The number of nitrogens with zero attached hydrogens (tertiary/aromatic N) is 3. The molecule has 1 aromatic heterocycles. The summed E-state index contributed by atoms with van der Waals surface area (Å²) in [6.07, 6.45) is 1.60. The average molecular weight is 366 g/mol. The summed E-state index contributed by atoms with van der Waals surface area (Å²) in [5.74, 6) is 0.402. The predicted octanol–water partition coefficient (Wildman–Crippen LogP) is 4.40. The minimum atomic E-state index is -0.378. The van der Waals surface area contributed by atoms with Crippen molar-refractivity contribution in [2.45, 2.75) is 13.5 Å².